The van der Waals surface area contributed by atoms with Gasteiger partial charge in [-0.1, -0.05) is 0 Å². The number of aromatic nitrogens is 1. The lowest BCUT2D eigenvalue weighted by Gasteiger charge is -2.32. The first kappa shape index (κ1) is 8.72. The Morgan fingerprint density at radius 2 is 2.46 bits per heavy atom. The van der Waals surface area contributed by atoms with Crippen LogP contribution in [0.4, 0.5) is 0 Å². The zero-order valence-corrected chi connectivity index (χ0v) is 7.81. The summed E-state index contributed by atoms with van der Waals surface area (Å²) in [4.78, 5) is 6.40. The van der Waals surface area contributed by atoms with E-state index in [1.165, 1.54) is 6.39 Å². The maximum absolute atomic E-state index is 5.92. The Labute approximate surface area is 77.7 Å². The van der Waals surface area contributed by atoms with Gasteiger partial charge in [-0.05, 0) is 13.5 Å². The van der Waals surface area contributed by atoms with E-state index in [4.69, 9.17) is 10.2 Å². The Hall–Kier alpha value is -0.870. The Balaban J connectivity index is 2.07. The minimum absolute atomic E-state index is 0.264. The molecule has 0 radical (unpaired) electrons. The van der Waals surface area contributed by atoms with Crippen LogP contribution >= 0.6 is 0 Å². The lowest BCUT2D eigenvalue weighted by Crippen LogP contribution is -2.44. The van der Waals surface area contributed by atoms with Crippen molar-refractivity contribution in [2.75, 3.05) is 20.1 Å². The number of piperidine rings is 1. The SMILES string of the molecule is CN1CC(N)CC(c2cocn2)C1. The average molecular weight is 181 g/mol. The standard InChI is InChI=1S/C9H15N3O/c1-12-3-7(2-8(10)4-12)9-5-13-6-11-9/h5-8H,2-4,10H2,1H3. The molecule has 2 heterocycles. The number of likely N-dealkylation sites (tertiary alicyclic amines) is 1. The molecule has 0 aromatic carbocycles. The van der Waals surface area contributed by atoms with Crippen LogP contribution in [-0.4, -0.2) is 36.1 Å². The number of hydrogen-bond donors (Lipinski definition) is 1. The summed E-state index contributed by atoms with van der Waals surface area (Å²) in [6.07, 6.45) is 4.21. The van der Waals surface area contributed by atoms with E-state index in [-0.39, 0.29) is 6.04 Å². The number of likely N-dealkylation sites (N-methyl/N-ethyl adjacent to an activating group) is 1. The predicted octanol–water partition coefficient (Wildman–Crippen LogP) is 0.421. The first-order valence-electron chi connectivity index (χ1n) is 4.58. The zero-order valence-electron chi connectivity index (χ0n) is 7.81. The van der Waals surface area contributed by atoms with E-state index in [1.807, 2.05) is 0 Å². The molecule has 2 rings (SSSR count). The highest BCUT2D eigenvalue weighted by Crippen LogP contribution is 2.23. The van der Waals surface area contributed by atoms with E-state index in [0.29, 0.717) is 5.92 Å². The predicted molar refractivity (Wildman–Crippen MR) is 49.3 cm³/mol. The van der Waals surface area contributed by atoms with Crippen molar-refractivity contribution >= 4 is 0 Å². The second kappa shape index (κ2) is 3.47. The molecule has 1 aliphatic heterocycles. The van der Waals surface area contributed by atoms with Crippen molar-refractivity contribution in [3.8, 4) is 0 Å². The largest absolute Gasteiger partial charge is 0.451 e. The van der Waals surface area contributed by atoms with E-state index in [1.54, 1.807) is 6.26 Å². The van der Waals surface area contributed by atoms with Gasteiger partial charge in [0.05, 0.1) is 5.69 Å². The molecule has 1 aliphatic rings. The highest BCUT2D eigenvalue weighted by Gasteiger charge is 2.25. The third kappa shape index (κ3) is 1.89. The lowest BCUT2D eigenvalue weighted by molar-refractivity contribution is 0.225. The van der Waals surface area contributed by atoms with Crippen molar-refractivity contribution in [2.45, 2.75) is 18.4 Å². The summed E-state index contributed by atoms with van der Waals surface area (Å²) in [5.74, 6) is 0.437. The number of nitrogens with zero attached hydrogens (tertiary/aromatic N) is 2. The molecule has 0 bridgehead atoms. The summed E-state index contributed by atoms with van der Waals surface area (Å²) in [5.41, 5.74) is 6.95. The fourth-order valence-electron chi connectivity index (χ4n) is 2.00. The van der Waals surface area contributed by atoms with E-state index in [9.17, 15) is 0 Å². The highest BCUT2D eigenvalue weighted by atomic mass is 16.3. The molecule has 0 amide bonds. The van der Waals surface area contributed by atoms with Crippen LogP contribution in [0.15, 0.2) is 17.1 Å². The fourth-order valence-corrected chi connectivity index (χ4v) is 2.00. The van der Waals surface area contributed by atoms with Gasteiger partial charge in [-0.25, -0.2) is 4.98 Å². The third-order valence-electron chi connectivity index (χ3n) is 2.54. The summed E-state index contributed by atoms with van der Waals surface area (Å²) >= 11 is 0. The fraction of sp³-hybridized carbons (Fsp3) is 0.667. The second-order valence-corrected chi connectivity index (χ2v) is 3.83. The number of oxazole rings is 1. The molecular weight excluding hydrogens is 166 g/mol. The molecule has 1 aromatic heterocycles. The van der Waals surface area contributed by atoms with Crippen molar-refractivity contribution in [1.29, 1.82) is 0 Å². The number of rotatable bonds is 1. The Morgan fingerprint density at radius 3 is 3.08 bits per heavy atom. The van der Waals surface area contributed by atoms with E-state index in [0.717, 1.165) is 25.2 Å². The molecule has 1 saturated heterocycles. The van der Waals surface area contributed by atoms with Crippen LogP contribution in [0, 0.1) is 0 Å². The van der Waals surface area contributed by atoms with Gasteiger partial charge in [0.1, 0.15) is 6.26 Å². The van der Waals surface area contributed by atoms with Crippen LogP contribution in [0.25, 0.3) is 0 Å². The monoisotopic (exact) mass is 181 g/mol. The minimum atomic E-state index is 0.264. The summed E-state index contributed by atoms with van der Waals surface area (Å²) < 4.78 is 4.97. The Kier molecular flexibility index (Phi) is 2.33. The molecule has 0 aliphatic carbocycles. The van der Waals surface area contributed by atoms with Crippen molar-refractivity contribution in [3.05, 3.63) is 18.4 Å². The van der Waals surface area contributed by atoms with Crippen molar-refractivity contribution in [2.24, 2.45) is 5.73 Å². The molecule has 2 unspecified atom stereocenters. The van der Waals surface area contributed by atoms with Crippen LogP contribution in [0.3, 0.4) is 0 Å². The summed E-state index contributed by atoms with van der Waals surface area (Å²) in [5, 5.41) is 0. The number of hydrogen-bond acceptors (Lipinski definition) is 4. The van der Waals surface area contributed by atoms with Gasteiger partial charge in [0.2, 0.25) is 0 Å². The van der Waals surface area contributed by atoms with Crippen LogP contribution in [0.1, 0.15) is 18.0 Å². The molecule has 13 heavy (non-hydrogen) atoms. The first-order chi connectivity index (χ1) is 6.25. The van der Waals surface area contributed by atoms with Gasteiger partial charge in [-0.2, -0.15) is 0 Å². The molecule has 2 N–H and O–H groups in total. The van der Waals surface area contributed by atoms with E-state index < -0.39 is 0 Å². The molecule has 4 heteroatoms. The normalized spacial score (nSPS) is 30.6. The molecule has 1 aromatic rings. The number of nitrogens with two attached hydrogens (primary N) is 1. The Bertz CT molecular complexity index is 250. The maximum Gasteiger partial charge on any atom is 0.180 e. The van der Waals surface area contributed by atoms with Gasteiger partial charge in [0, 0.05) is 25.0 Å². The van der Waals surface area contributed by atoms with E-state index >= 15 is 0 Å². The van der Waals surface area contributed by atoms with Crippen molar-refractivity contribution < 1.29 is 4.42 Å². The van der Waals surface area contributed by atoms with Crippen LogP contribution < -0.4 is 5.73 Å². The Morgan fingerprint density at radius 1 is 1.62 bits per heavy atom. The molecule has 4 nitrogen and oxygen atoms in total. The van der Waals surface area contributed by atoms with E-state index in [2.05, 4.69) is 16.9 Å². The van der Waals surface area contributed by atoms with Gasteiger partial charge in [0.25, 0.3) is 0 Å². The topological polar surface area (TPSA) is 55.3 Å². The molecule has 1 fully saturated rings. The molecule has 0 saturated carbocycles. The average Bonchev–Trinajstić information content (AvgIpc) is 2.53. The van der Waals surface area contributed by atoms with Gasteiger partial charge < -0.3 is 15.1 Å². The van der Waals surface area contributed by atoms with Crippen molar-refractivity contribution in [3.63, 3.8) is 0 Å². The second-order valence-electron chi connectivity index (χ2n) is 3.83. The van der Waals surface area contributed by atoms with Crippen LogP contribution in [0.2, 0.25) is 0 Å². The molecule has 72 valence electrons. The summed E-state index contributed by atoms with van der Waals surface area (Å²) in [6, 6.07) is 0.264. The maximum atomic E-state index is 5.92. The minimum Gasteiger partial charge on any atom is -0.451 e. The third-order valence-corrected chi connectivity index (χ3v) is 2.54. The summed E-state index contributed by atoms with van der Waals surface area (Å²) in [6.45, 7) is 2.01. The van der Waals surface area contributed by atoms with Gasteiger partial charge in [-0.15, -0.1) is 0 Å². The van der Waals surface area contributed by atoms with Gasteiger partial charge in [0.15, 0.2) is 6.39 Å². The molecule has 2 atom stereocenters. The first-order valence-corrected chi connectivity index (χ1v) is 4.58. The highest BCUT2D eigenvalue weighted by molar-refractivity contribution is 5.05. The molecule has 0 spiro atoms. The lowest BCUT2D eigenvalue weighted by atomic mass is 9.93. The van der Waals surface area contributed by atoms with Crippen LogP contribution in [-0.2, 0) is 0 Å². The van der Waals surface area contributed by atoms with Crippen molar-refractivity contribution in [1.82, 2.24) is 9.88 Å². The molecular formula is C9H15N3O. The smallest absolute Gasteiger partial charge is 0.180 e. The summed E-state index contributed by atoms with van der Waals surface area (Å²) in [7, 11) is 2.09. The van der Waals surface area contributed by atoms with Gasteiger partial charge >= 0.3 is 0 Å². The zero-order chi connectivity index (χ0) is 9.26. The van der Waals surface area contributed by atoms with Gasteiger partial charge in [-0.3, -0.25) is 0 Å². The van der Waals surface area contributed by atoms with Crippen LogP contribution in [0.5, 0.6) is 0 Å². The quantitative estimate of drug-likeness (QED) is 0.682.